The average molecular weight is 412 g/mol. The van der Waals surface area contributed by atoms with Crippen molar-refractivity contribution in [3.8, 4) is 11.1 Å². The highest BCUT2D eigenvalue weighted by Gasteiger charge is 2.24. The summed E-state index contributed by atoms with van der Waals surface area (Å²) in [6, 6.07) is 15.5. The number of aromatic nitrogens is 2. The Hall–Kier alpha value is -3.80. The first-order chi connectivity index (χ1) is 15.0. The predicted molar refractivity (Wildman–Crippen MR) is 121 cm³/mol. The van der Waals surface area contributed by atoms with Gasteiger partial charge in [-0.1, -0.05) is 32.0 Å². The Morgan fingerprint density at radius 3 is 2.87 bits per heavy atom. The van der Waals surface area contributed by atoms with Crippen LogP contribution in [0.1, 0.15) is 46.9 Å². The molecule has 0 atom stereocenters. The minimum absolute atomic E-state index is 0.135. The molecule has 1 amide bonds. The molecule has 5 nitrogen and oxygen atoms in total. The summed E-state index contributed by atoms with van der Waals surface area (Å²) in [4.78, 5) is 24.6. The van der Waals surface area contributed by atoms with Crippen LogP contribution in [0.5, 0.6) is 0 Å². The van der Waals surface area contributed by atoms with Crippen molar-refractivity contribution in [3.05, 3.63) is 83.3 Å². The molecule has 2 aromatic carbocycles. The molecule has 2 N–H and O–H groups in total. The van der Waals surface area contributed by atoms with E-state index in [9.17, 15) is 9.18 Å². The van der Waals surface area contributed by atoms with Crippen molar-refractivity contribution in [2.45, 2.75) is 26.3 Å². The number of benzene rings is 2. The molecule has 0 saturated carbocycles. The third kappa shape index (κ3) is 3.30. The van der Waals surface area contributed by atoms with Crippen LogP contribution >= 0.6 is 0 Å². The summed E-state index contributed by atoms with van der Waals surface area (Å²) in [5.41, 5.74) is 5.62. The van der Waals surface area contributed by atoms with Gasteiger partial charge in [-0.05, 0) is 58.5 Å². The summed E-state index contributed by atoms with van der Waals surface area (Å²) < 4.78 is 14.6. The van der Waals surface area contributed by atoms with Crippen molar-refractivity contribution in [2.75, 3.05) is 5.32 Å². The van der Waals surface area contributed by atoms with Gasteiger partial charge in [-0.2, -0.15) is 4.39 Å². The first-order valence-electron chi connectivity index (χ1n) is 10.2. The van der Waals surface area contributed by atoms with E-state index in [1.165, 1.54) is 0 Å². The number of fused-ring (bicyclic) bond motifs is 2. The van der Waals surface area contributed by atoms with Gasteiger partial charge in [0.2, 0.25) is 5.97 Å². The molecule has 1 aliphatic rings. The van der Waals surface area contributed by atoms with E-state index in [0.29, 0.717) is 16.9 Å². The maximum atomic E-state index is 14.6. The van der Waals surface area contributed by atoms with E-state index in [1.54, 1.807) is 6.20 Å². The van der Waals surface area contributed by atoms with E-state index >= 15 is 0 Å². The highest BCUT2D eigenvalue weighted by atomic mass is 19.1. The Labute approximate surface area is 179 Å². The second-order valence-electron chi connectivity index (χ2n) is 7.96. The van der Waals surface area contributed by atoms with Crippen LogP contribution in [-0.4, -0.2) is 21.8 Å². The highest BCUT2D eigenvalue weighted by Crippen LogP contribution is 2.36. The molecule has 6 heteroatoms. The summed E-state index contributed by atoms with van der Waals surface area (Å²) in [7, 11) is 0. The molecule has 0 spiro atoms. The lowest BCUT2D eigenvalue weighted by molar-refractivity contribution is 0.102. The van der Waals surface area contributed by atoms with Gasteiger partial charge in [-0.3, -0.25) is 14.8 Å². The number of nitrogens with zero attached hydrogens (tertiary/aromatic N) is 2. The standard InChI is InChI=1S/C25H21FN4O/c1-14(2)17-6-4-9-28-23(17)25(31)30-21-12-15(11-16-13-29-24(26)22(16)21)18-5-3-7-20-19(18)8-10-27-20/h3-12,14,27H,13H2,1-2H3,(H,30,31). The lowest BCUT2D eigenvalue weighted by Gasteiger charge is -2.15. The van der Waals surface area contributed by atoms with Gasteiger partial charge in [0, 0.05) is 23.3 Å². The van der Waals surface area contributed by atoms with Crippen molar-refractivity contribution < 1.29 is 9.18 Å². The molecule has 0 fully saturated rings. The number of hydrogen-bond acceptors (Lipinski definition) is 3. The Balaban J connectivity index is 1.61. The van der Waals surface area contributed by atoms with E-state index in [-0.39, 0.29) is 18.4 Å². The van der Waals surface area contributed by atoms with Crippen LogP contribution in [0.4, 0.5) is 10.1 Å². The maximum Gasteiger partial charge on any atom is 0.274 e. The van der Waals surface area contributed by atoms with Crippen molar-refractivity contribution >= 4 is 28.5 Å². The van der Waals surface area contributed by atoms with Gasteiger partial charge in [0.15, 0.2) is 0 Å². The zero-order chi connectivity index (χ0) is 21.5. The number of aliphatic imine (C=N–C) groups is 1. The van der Waals surface area contributed by atoms with E-state index in [1.807, 2.05) is 68.6 Å². The zero-order valence-corrected chi connectivity index (χ0v) is 17.2. The molecule has 0 unspecified atom stereocenters. The number of pyridine rings is 1. The van der Waals surface area contributed by atoms with Crippen LogP contribution in [0.15, 0.2) is 65.9 Å². The summed E-state index contributed by atoms with van der Waals surface area (Å²) in [5.74, 6) is -0.777. The SMILES string of the molecule is CC(C)c1cccnc1C(=O)Nc1cc(-c2cccc3[nH]ccc23)cc2c1C(F)=NC2. The molecule has 1 aliphatic heterocycles. The van der Waals surface area contributed by atoms with E-state index in [2.05, 4.69) is 20.3 Å². The molecule has 3 heterocycles. The van der Waals surface area contributed by atoms with Crippen LogP contribution in [0.2, 0.25) is 0 Å². The topological polar surface area (TPSA) is 70.1 Å². The van der Waals surface area contributed by atoms with Crippen LogP contribution in [0.3, 0.4) is 0 Å². The minimum Gasteiger partial charge on any atom is -0.361 e. The number of H-pyrrole nitrogens is 1. The molecular formula is C25H21FN4O. The van der Waals surface area contributed by atoms with Gasteiger partial charge in [0.25, 0.3) is 5.91 Å². The number of amides is 1. The lowest BCUT2D eigenvalue weighted by Crippen LogP contribution is -2.18. The molecule has 154 valence electrons. The summed E-state index contributed by atoms with van der Waals surface area (Å²) in [6.07, 6.45) is 3.48. The van der Waals surface area contributed by atoms with Crippen molar-refractivity contribution in [3.63, 3.8) is 0 Å². The molecule has 31 heavy (non-hydrogen) atoms. The molecular weight excluding hydrogens is 391 g/mol. The van der Waals surface area contributed by atoms with Gasteiger partial charge in [-0.25, -0.2) is 0 Å². The van der Waals surface area contributed by atoms with Crippen molar-refractivity contribution in [1.29, 1.82) is 0 Å². The van der Waals surface area contributed by atoms with Crippen LogP contribution < -0.4 is 5.32 Å². The molecule has 0 radical (unpaired) electrons. The number of carbonyl (C=O) groups excluding carboxylic acids is 1. The number of hydrogen-bond donors (Lipinski definition) is 2. The molecule has 2 aromatic heterocycles. The first kappa shape index (κ1) is 19.2. The number of nitrogens with one attached hydrogen (secondary N) is 2. The fourth-order valence-corrected chi connectivity index (χ4v) is 4.15. The summed E-state index contributed by atoms with van der Waals surface area (Å²) in [6.45, 7) is 4.27. The predicted octanol–water partition coefficient (Wildman–Crippen LogP) is 5.84. The number of anilines is 1. The zero-order valence-electron chi connectivity index (χ0n) is 17.2. The van der Waals surface area contributed by atoms with Crippen molar-refractivity contribution in [1.82, 2.24) is 9.97 Å². The van der Waals surface area contributed by atoms with Crippen LogP contribution in [-0.2, 0) is 6.54 Å². The quantitative estimate of drug-likeness (QED) is 0.442. The van der Waals surface area contributed by atoms with Gasteiger partial charge in [0.1, 0.15) is 5.69 Å². The Morgan fingerprint density at radius 1 is 1.16 bits per heavy atom. The number of rotatable bonds is 4. The second kappa shape index (κ2) is 7.47. The monoisotopic (exact) mass is 412 g/mol. The van der Waals surface area contributed by atoms with Gasteiger partial charge < -0.3 is 10.3 Å². The highest BCUT2D eigenvalue weighted by molar-refractivity contribution is 6.11. The number of halogens is 1. The lowest BCUT2D eigenvalue weighted by atomic mass is 9.96. The van der Waals surface area contributed by atoms with E-state index in [4.69, 9.17) is 0 Å². The van der Waals surface area contributed by atoms with Gasteiger partial charge >= 0.3 is 0 Å². The third-order valence-electron chi connectivity index (χ3n) is 5.64. The molecule has 5 rings (SSSR count). The van der Waals surface area contributed by atoms with Gasteiger partial charge in [0.05, 0.1) is 17.8 Å². The molecule has 0 saturated heterocycles. The molecule has 0 aliphatic carbocycles. The smallest absolute Gasteiger partial charge is 0.274 e. The normalized spacial score (nSPS) is 12.8. The fourth-order valence-electron chi connectivity index (χ4n) is 4.15. The Kier molecular flexibility index (Phi) is 4.62. The number of aromatic amines is 1. The number of carbonyl (C=O) groups is 1. The first-order valence-corrected chi connectivity index (χ1v) is 10.2. The molecule has 0 bridgehead atoms. The maximum absolute atomic E-state index is 14.6. The summed E-state index contributed by atoms with van der Waals surface area (Å²) in [5, 5.41) is 3.97. The van der Waals surface area contributed by atoms with E-state index in [0.717, 1.165) is 33.2 Å². The minimum atomic E-state index is -0.554. The average Bonchev–Trinajstić information content (AvgIpc) is 3.40. The molecule has 4 aromatic rings. The van der Waals surface area contributed by atoms with Crippen molar-refractivity contribution in [2.24, 2.45) is 4.99 Å². The second-order valence-corrected chi connectivity index (χ2v) is 7.96. The van der Waals surface area contributed by atoms with Crippen LogP contribution in [0, 0.1) is 0 Å². The van der Waals surface area contributed by atoms with E-state index < -0.39 is 5.97 Å². The third-order valence-corrected chi connectivity index (χ3v) is 5.64. The van der Waals surface area contributed by atoms with Gasteiger partial charge in [-0.15, -0.1) is 0 Å². The summed E-state index contributed by atoms with van der Waals surface area (Å²) >= 11 is 0. The Bertz CT molecular complexity index is 1350. The fraction of sp³-hybridized carbons (Fsp3) is 0.160. The Morgan fingerprint density at radius 2 is 2.03 bits per heavy atom. The largest absolute Gasteiger partial charge is 0.361 e. The van der Waals surface area contributed by atoms with Crippen LogP contribution in [0.25, 0.3) is 22.0 Å².